The van der Waals surface area contributed by atoms with Crippen molar-refractivity contribution >= 4 is 39.3 Å². The lowest BCUT2D eigenvalue weighted by Crippen LogP contribution is -2.40. The molecule has 2 amide bonds. The summed E-state index contributed by atoms with van der Waals surface area (Å²) in [6, 6.07) is 5.93. The van der Waals surface area contributed by atoms with Crippen LogP contribution in [0.25, 0.3) is 16.0 Å². The van der Waals surface area contributed by atoms with Crippen molar-refractivity contribution in [2.75, 3.05) is 26.3 Å². The van der Waals surface area contributed by atoms with E-state index in [0.29, 0.717) is 30.9 Å². The first-order chi connectivity index (χ1) is 16.7. The van der Waals surface area contributed by atoms with Crippen LogP contribution in [0.4, 0.5) is 4.79 Å². The molecule has 1 aliphatic heterocycles. The summed E-state index contributed by atoms with van der Waals surface area (Å²) in [6.07, 6.45) is 4.79. The molecule has 1 aromatic carbocycles. The number of aliphatic hydroxyl groups is 1. The van der Waals surface area contributed by atoms with E-state index in [2.05, 4.69) is 10.3 Å². The molecule has 3 heterocycles. The molecule has 4 rings (SSSR count). The first-order valence-electron chi connectivity index (χ1n) is 12.1. The van der Waals surface area contributed by atoms with Gasteiger partial charge in [-0.25, -0.2) is 9.78 Å². The number of rotatable bonds is 9. The van der Waals surface area contributed by atoms with Gasteiger partial charge in [-0.2, -0.15) is 0 Å². The number of thiazole rings is 1. The molecule has 2 aromatic heterocycles. The van der Waals surface area contributed by atoms with Crippen molar-refractivity contribution in [2.24, 2.45) is 0 Å². The Morgan fingerprint density at radius 2 is 2.17 bits per heavy atom. The first-order valence-corrected chi connectivity index (χ1v) is 12.9. The monoisotopic (exact) mass is 502 g/mol. The highest BCUT2D eigenvalue weighted by Crippen LogP contribution is 2.26. The quantitative estimate of drug-likeness (QED) is 0.429. The fraction of sp³-hybridized carbons (Fsp3) is 0.560. The van der Waals surface area contributed by atoms with Gasteiger partial charge in [0.1, 0.15) is 10.5 Å². The van der Waals surface area contributed by atoms with E-state index in [-0.39, 0.29) is 24.7 Å². The highest BCUT2D eigenvalue weighted by Gasteiger charge is 2.27. The van der Waals surface area contributed by atoms with Gasteiger partial charge in [0, 0.05) is 32.5 Å². The number of benzene rings is 1. The minimum Gasteiger partial charge on any atom is -0.444 e. The summed E-state index contributed by atoms with van der Waals surface area (Å²) in [5.41, 5.74) is 2.08. The minimum atomic E-state index is -0.584. The van der Waals surface area contributed by atoms with E-state index in [1.54, 1.807) is 11.1 Å². The van der Waals surface area contributed by atoms with Gasteiger partial charge in [-0.15, -0.1) is 0 Å². The molecule has 0 spiro atoms. The van der Waals surface area contributed by atoms with Gasteiger partial charge in [0.25, 0.3) is 5.91 Å². The zero-order valence-corrected chi connectivity index (χ0v) is 21.4. The summed E-state index contributed by atoms with van der Waals surface area (Å²) in [4.78, 5) is 33.1. The van der Waals surface area contributed by atoms with Crippen molar-refractivity contribution in [3.63, 3.8) is 0 Å². The highest BCUT2D eigenvalue weighted by molar-refractivity contribution is 7.18. The number of unbranched alkanes of at least 4 members (excludes halogenated alkanes) is 1. The van der Waals surface area contributed by atoms with Crippen molar-refractivity contribution < 1.29 is 24.2 Å². The third-order valence-electron chi connectivity index (χ3n) is 5.74. The SMILES string of the molecule is CC(C)(C)OC(=O)N(Cc1ccc2nc3sc(C(=O)NCCCCO)cn3c2c1)C[C@H]1CCCO1. The summed E-state index contributed by atoms with van der Waals surface area (Å²) < 4.78 is 13.4. The molecule has 0 saturated carbocycles. The number of carbonyl (C=O) groups is 2. The van der Waals surface area contributed by atoms with E-state index in [0.717, 1.165) is 47.4 Å². The van der Waals surface area contributed by atoms with Gasteiger partial charge in [-0.3, -0.25) is 9.20 Å². The summed E-state index contributed by atoms with van der Waals surface area (Å²) in [5.74, 6) is -0.143. The van der Waals surface area contributed by atoms with E-state index >= 15 is 0 Å². The van der Waals surface area contributed by atoms with E-state index in [4.69, 9.17) is 14.6 Å². The molecule has 0 bridgehead atoms. The lowest BCUT2D eigenvalue weighted by molar-refractivity contribution is 0.00860. The summed E-state index contributed by atoms with van der Waals surface area (Å²) in [5, 5.41) is 11.8. The maximum absolute atomic E-state index is 13.0. The Bertz CT molecular complexity index is 1180. The van der Waals surface area contributed by atoms with Crippen molar-refractivity contribution in [3.8, 4) is 0 Å². The number of hydrogen-bond donors (Lipinski definition) is 2. The summed E-state index contributed by atoms with van der Waals surface area (Å²) in [6.45, 7) is 7.82. The molecule has 35 heavy (non-hydrogen) atoms. The molecule has 1 saturated heterocycles. The lowest BCUT2D eigenvalue weighted by atomic mass is 10.1. The van der Waals surface area contributed by atoms with E-state index in [1.807, 2.05) is 43.4 Å². The van der Waals surface area contributed by atoms with Gasteiger partial charge < -0.3 is 24.8 Å². The molecule has 3 aromatic rings. The Morgan fingerprint density at radius 1 is 1.34 bits per heavy atom. The van der Waals surface area contributed by atoms with Crippen LogP contribution < -0.4 is 5.32 Å². The molecular weight excluding hydrogens is 468 g/mol. The molecule has 1 fully saturated rings. The van der Waals surface area contributed by atoms with Crippen LogP contribution in [0.3, 0.4) is 0 Å². The first kappa shape index (κ1) is 25.4. The number of nitrogens with one attached hydrogen (secondary N) is 1. The molecule has 0 unspecified atom stereocenters. The van der Waals surface area contributed by atoms with E-state index in [1.165, 1.54) is 11.3 Å². The molecule has 1 atom stereocenters. The van der Waals surface area contributed by atoms with Crippen LogP contribution in [-0.4, -0.2) is 69.4 Å². The number of ether oxygens (including phenoxy) is 2. The van der Waals surface area contributed by atoms with E-state index < -0.39 is 5.60 Å². The van der Waals surface area contributed by atoms with Crippen LogP contribution in [0.15, 0.2) is 24.4 Å². The number of imidazole rings is 1. The molecule has 1 aliphatic rings. The summed E-state index contributed by atoms with van der Waals surface area (Å²) in [7, 11) is 0. The average Bonchev–Trinajstić information content (AvgIpc) is 3.52. The lowest BCUT2D eigenvalue weighted by Gasteiger charge is -2.29. The van der Waals surface area contributed by atoms with Gasteiger partial charge in [-0.1, -0.05) is 17.4 Å². The van der Waals surface area contributed by atoms with Crippen LogP contribution >= 0.6 is 11.3 Å². The normalized spacial score (nSPS) is 16.2. The number of aromatic nitrogens is 2. The van der Waals surface area contributed by atoms with Gasteiger partial charge in [0.15, 0.2) is 4.96 Å². The Labute approximate surface area is 209 Å². The topological polar surface area (TPSA) is 105 Å². The second-order valence-corrected chi connectivity index (χ2v) is 10.9. The third kappa shape index (κ3) is 6.50. The Morgan fingerprint density at radius 3 is 2.89 bits per heavy atom. The fourth-order valence-electron chi connectivity index (χ4n) is 4.07. The zero-order chi connectivity index (χ0) is 25.0. The van der Waals surface area contributed by atoms with E-state index in [9.17, 15) is 9.59 Å². The Balaban J connectivity index is 1.53. The molecule has 9 nitrogen and oxygen atoms in total. The fourth-order valence-corrected chi connectivity index (χ4v) is 4.98. The van der Waals surface area contributed by atoms with Gasteiger partial charge in [-0.05, 0) is 64.2 Å². The maximum atomic E-state index is 13.0. The molecule has 190 valence electrons. The third-order valence-corrected chi connectivity index (χ3v) is 6.72. The number of fused-ring (bicyclic) bond motifs is 3. The van der Waals surface area contributed by atoms with Gasteiger partial charge >= 0.3 is 6.09 Å². The zero-order valence-electron chi connectivity index (χ0n) is 20.6. The van der Waals surface area contributed by atoms with Crippen LogP contribution in [0.5, 0.6) is 0 Å². The number of amides is 2. The van der Waals surface area contributed by atoms with Crippen LogP contribution in [-0.2, 0) is 16.0 Å². The second-order valence-electron chi connectivity index (χ2n) is 9.87. The molecule has 0 radical (unpaired) electrons. The van der Waals surface area contributed by atoms with Crippen molar-refractivity contribution in [1.29, 1.82) is 0 Å². The molecular formula is C25H34N4O5S. The molecule has 2 N–H and O–H groups in total. The average molecular weight is 503 g/mol. The van der Waals surface area contributed by atoms with Gasteiger partial charge in [0.2, 0.25) is 0 Å². The second kappa shape index (κ2) is 10.9. The molecule has 10 heteroatoms. The Kier molecular flexibility index (Phi) is 7.93. The highest BCUT2D eigenvalue weighted by atomic mass is 32.1. The largest absolute Gasteiger partial charge is 0.444 e. The summed E-state index contributed by atoms with van der Waals surface area (Å²) >= 11 is 1.34. The maximum Gasteiger partial charge on any atom is 0.410 e. The predicted molar refractivity (Wildman–Crippen MR) is 135 cm³/mol. The Hall–Kier alpha value is -2.69. The van der Waals surface area contributed by atoms with Crippen molar-refractivity contribution in [2.45, 2.75) is 64.7 Å². The number of aliphatic hydroxyl groups excluding tert-OH is 1. The number of carbonyl (C=O) groups excluding carboxylic acids is 2. The minimum absolute atomic E-state index is 0.0169. The van der Waals surface area contributed by atoms with Crippen LogP contribution in [0, 0.1) is 0 Å². The van der Waals surface area contributed by atoms with Crippen LogP contribution in [0.1, 0.15) is 61.7 Å². The van der Waals surface area contributed by atoms with Crippen molar-refractivity contribution in [1.82, 2.24) is 19.6 Å². The molecule has 0 aliphatic carbocycles. The number of hydrogen-bond acceptors (Lipinski definition) is 7. The smallest absolute Gasteiger partial charge is 0.410 e. The van der Waals surface area contributed by atoms with Crippen LogP contribution in [0.2, 0.25) is 0 Å². The van der Waals surface area contributed by atoms with Crippen molar-refractivity contribution in [3.05, 3.63) is 34.8 Å². The predicted octanol–water partition coefficient (Wildman–Crippen LogP) is 3.97. The van der Waals surface area contributed by atoms with Gasteiger partial charge in [0.05, 0.1) is 23.7 Å². The standard InChI is InChI=1S/C25H34N4O5S/c1-25(2,3)34-24(32)28(15-18-7-6-12-33-18)14-17-8-9-19-20(13-17)29-16-21(35-23(29)27-19)22(31)26-10-4-5-11-30/h8-9,13,16,18,30H,4-7,10-12,14-15H2,1-3H3,(H,26,31)/t18-/m1/s1. The number of nitrogens with zero attached hydrogens (tertiary/aromatic N) is 3.